The molecule has 0 saturated carbocycles. The molecular formula is C29H26N6O3S. The molecule has 5 aromatic rings. The van der Waals surface area contributed by atoms with Crippen molar-refractivity contribution in [1.82, 2.24) is 29.8 Å². The van der Waals surface area contributed by atoms with Crippen LogP contribution in [0.25, 0.3) is 22.2 Å². The topological polar surface area (TPSA) is 112 Å². The number of rotatable bonds is 6. The Labute approximate surface area is 226 Å². The maximum atomic E-state index is 14.0. The van der Waals surface area contributed by atoms with Crippen LogP contribution in [0.1, 0.15) is 16.7 Å². The van der Waals surface area contributed by atoms with Gasteiger partial charge in [-0.15, -0.1) is 10.2 Å². The number of sulfonamides is 1. The normalized spacial score (nSPS) is 15.7. The molecule has 0 bridgehead atoms. The van der Waals surface area contributed by atoms with Gasteiger partial charge in [-0.1, -0.05) is 78.9 Å². The van der Waals surface area contributed by atoms with Crippen molar-refractivity contribution < 1.29 is 13.2 Å². The fourth-order valence-corrected chi connectivity index (χ4v) is 6.67. The lowest BCUT2D eigenvalue weighted by Crippen LogP contribution is -2.52. The Kier molecular flexibility index (Phi) is 6.41. The summed E-state index contributed by atoms with van der Waals surface area (Å²) in [6.45, 7) is 0.461. The number of amides is 1. The number of fused-ring (bicyclic) bond motifs is 2. The average molecular weight is 539 g/mol. The van der Waals surface area contributed by atoms with Crippen molar-refractivity contribution in [2.75, 3.05) is 7.05 Å². The van der Waals surface area contributed by atoms with Gasteiger partial charge in [0, 0.05) is 25.7 Å². The number of H-pyrrole nitrogens is 1. The third-order valence-electron chi connectivity index (χ3n) is 7.17. The van der Waals surface area contributed by atoms with Crippen molar-refractivity contribution in [3.05, 3.63) is 108 Å². The van der Waals surface area contributed by atoms with E-state index in [1.165, 1.54) is 4.31 Å². The van der Waals surface area contributed by atoms with Crippen LogP contribution >= 0.6 is 0 Å². The van der Waals surface area contributed by atoms with E-state index < -0.39 is 16.1 Å². The van der Waals surface area contributed by atoms with Gasteiger partial charge in [0.1, 0.15) is 6.04 Å². The highest BCUT2D eigenvalue weighted by Gasteiger charge is 2.40. The largest absolute Gasteiger partial charge is 0.340 e. The van der Waals surface area contributed by atoms with Gasteiger partial charge in [-0.2, -0.15) is 9.52 Å². The molecule has 0 spiro atoms. The van der Waals surface area contributed by atoms with Crippen LogP contribution in [0.5, 0.6) is 0 Å². The van der Waals surface area contributed by atoms with Gasteiger partial charge in [0.05, 0.1) is 4.90 Å². The van der Waals surface area contributed by atoms with Gasteiger partial charge in [-0.05, 0) is 51.2 Å². The minimum atomic E-state index is -3.96. The van der Waals surface area contributed by atoms with Crippen molar-refractivity contribution in [2.45, 2.75) is 30.4 Å². The van der Waals surface area contributed by atoms with E-state index in [-0.39, 0.29) is 17.3 Å². The lowest BCUT2D eigenvalue weighted by Gasteiger charge is -2.37. The van der Waals surface area contributed by atoms with Crippen molar-refractivity contribution in [3.8, 4) is 11.4 Å². The first kappa shape index (κ1) is 24.9. The van der Waals surface area contributed by atoms with E-state index >= 15 is 0 Å². The van der Waals surface area contributed by atoms with Gasteiger partial charge in [-0.3, -0.25) is 4.79 Å². The number of nitrogens with one attached hydrogen (secondary N) is 1. The molecule has 0 fully saturated rings. The first-order valence-electron chi connectivity index (χ1n) is 12.6. The van der Waals surface area contributed by atoms with Gasteiger partial charge in [0.25, 0.3) is 0 Å². The summed E-state index contributed by atoms with van der Waals surface area (Å²) in [5.41, 5.74) is 3.60. The second kappa shape index (κ2) is 10.0. The molecule has 1 atom stereocenters. The molecule has 1 aliphatic heterocycles. The van der Waals surface area contributed by atoms with Crippen LogP contribution in [-0.4, -0.2) is 57.2 Å². The fraction of sp³-hybridized carbons (Fsp3) is 0.172. The molecule has 1 N–H and O–H groups in total. The molecule has 6 rings (SSSR count). The molecule has 4 aromatic carbocycles. The molecular weight excluding hydrogens is 512 g/mol. The van der Waals surface area contributed by atoms with Gasteiger partial charge >= 0.3 is 0 Å². The Morgan fingerprint density at radius 1 is 0.949 bits per heavy atom. The first-order chi connectivity index (χ1) is 18.9. The number of tetrazole rings is 1. The van der Waals surface area contributed by atoms with Crippen LogP contribution in [0.2, 0.25) is 0 Å². The summed E-state index contributed by atoms with van der Waals surface area (Å²) in [5.74, 6) is 0.234. The quantitative estimate of drug-likeness (QED) is 0.352. The number of hydrogen-bond donors (Lipinski definition) is 1. The number of benzene rings is 4. The summed E-state index contributed by atoms with van der Waals surface area (Å²) in [6, 6.07) is 27.1. The van der Waals surface area contributed by atoms with E-state index in [1.807, 2.05) is 72.8 Å². The first-order valence-corrected chi connectivity index (χ1v) is 14.0. The second-order valence-electron chi connectivity index (χ2n) is 9.67. The highest BCUT2D eigenvalue weighted by atomic mass is 32.2. The average Bonchev–Trinajstić information content (AvgIpc) is 3.51. The fourth-order valence-electron chi connectivity index (χ4n) is 5.07. The van der Waals surface area contributed by atoms with Crippen molar-refractivity contribution >= 4 is 26.7 Å². The van der Waals surface area contributed by atoms with E-state index in [1.54, 1.807) is 30.1 Å². The third-order valence-corrected chi connectivity index (χ3v) is 9.02. The van der Waals surface area contributed by atoms with Crippen molar-refractivity contribution in [3.63, 3.8) is 0 Å². The van der Waals surface area contributed by atoms with E-state index in [0.717, 1.165) is 33.0 Å². The summed E-state index contributed by atoms with van der Waals surface area (Å²) >= 11 is 0. The molecule has 1 amide bonds. The Hall–Kier alpha value is -4.41. The Morgan fingerprint density at radius 3 is 2.41 bits per heavy atom. The van der Waals surface area contributed by atoms with Crippen molar-refractivity contribution in [1.29, 1.82) is 0 Å². The summed E-state index contributed by atoms with van der Waals surface area (Å²) in [6.07, 6.45) is 0.308. The summed E-state index contributed by atoms with van der Waals surface area (Å²) in [5, 5.41) is 15.8. The van der Waals surface area contributed by atoms with E-state index in [0.29, 0.717) is 18.8 Å². The smallest absolute Gasteiger partial charge is 0.244 e. The molecule has 0 radical (unpaired) electrons. The molecule has 10 heteroatoms. The molecule has 0 saturated heterocycles. The summed E-state index contributed by atoms with van der Waals surface area (Å²) < 4.78 is 29.4. The van der Waals surface area contributed by atoms with Crippen LogP contribution in [-0.2, 0) is 34.3 Å². The molecule has 1 aromatic heterocycles. The number of aromatic nitrogens is 4. The SMILES string of the molecule is CN(Cc1ccc(-c2nn[nH]n2)cc1)C(=O)C1Cc2ccccc2CN1S(=O)(=O)c1ccc2ccccc2c1. The number of aromatic amines is 1. The second-order valence-corrected chi connectivity index (χ2v) is 11.6. The standard InChI is InChI=1S/C29H26N6O3S/c1-34(18-20-10-12-22(13-11-20)28-30-32-33-31-28)29(36)27-17-24-8-4-5-9-25(24)19-35(27)39(37,38)26-15-14-21-6-2-3-7-23(21)16-26/h2-16,27H,17-19H2,1H3,(H,30,31,32,33). The Balaban J connectivity index is 1.30. The van der Waals surface area contributed by atoms with Crippen LogP contribution in [0.15, 0.2) is 95.9 Å². The highest BCUT2D eigenvalue weighted by molar-refractivity contribution is 7.89. The zero-order valence-corrected chi connectivity index (χ0v) is 22.0. The molecule has 196 valence electrons. The Bertz CT molecular complexity index is 1750. The number of nitrogens with zero attached hydrogens (tertiary/aromatic N) is 5. The number of carbonyl (C=O) groups excluding carboxylic acids is 1. The van der Waals surface area contributed by atoms with Gasteiger partial charge < -0.3 is 4.90 Å². The predicted octanol–water partition coefficient (Wildman–Crippen LogP) is 3.79. The zero-order valence-electron chi connectivity index (χ0n) is 21.2. The third kappa shape index (κ3) is 4.80. The predicted molar refractivity (Wildman–Crippen MR) is 147 cm³/mol. The van der Waals surface area contributed by atoms with Gasteiger partial charge in [-0.25, -0.2) is 8.42 Å². The summed E-state index contributed by atoms with van der Waals surface area (Å²) in [4.78, 5) is 15.6. The van der Waals surface area contributed by atoms with Crippen LogP contribution < -0.4 is 0 Å². The zero-order chi connectivity index (χ0) is 27.0. The minimum absolute atomic E-state index is 0.134. The minimum Gasteiger partial charge on any atom is -0.340 e. The molecule has 2 heterocycles. The number of carbonyl (C=O) groups is 1. The van der Waals surface area contributed by atoms with Crippen LogP contribution in [0.3, 0.4) is 0 Å². The lowest BCUT2D eigenvalue weighted by molar-refractivity contribution is -0.135. The molecule has 39 heavy (non-hydrogen) atoms. The lowest BCUT2D eigenvalue weighted by atomic mass is 9.95. The monoisotopic (exact) mass is 538 g/mol. The van der Waals surface area contributed by atoms with E-state index in [4.69, 9.17) is 0 Å². The molecule has 1 aliphatic rings. The molecule has 0 aliphatic carbocycles. The van der Waals surface area contributed by atoms with Gasteiger partial charge in [0.2, 0.25) is 21.8 Å². The van der Waals surface area contributed by atoms with Crippen LogP contribution in [0, 0.1) is 0 Å². The van der Waals surface area contributed by atoms with E-state index in [2.05, 4.69) is 20.6 Å². The Morgan fingerprint density at radius 2 is 1.67 bits per heavy atom. The van der Waals surface area contributed by atoms with Crippen LogP contribution in [0.4, 0.5) is 0 Å². The summed E-state index contributed by atoms with van der Waals surface area (Å²) in [7, 11) is -2.26. The van der Waals surface area contributed by atoms with E-state index in [9.17, 15) is 13.2 Å². The van der Waals surface area contributed by atoms with Gasteiger partial charge in [0.15, 0.2) is 0 Å². The van der Waals surface area contributed by atoms with Crippen molar-refractivity contribution in [2.24, 2.45) is 0 Å². The molecule has 9 nitrogen and oxygen atoms in total. The maximum absolute atomic E-state index is 14.0. The molecule has 1 unspecified atom stereocenters. The number of likely N-dealkylation sites (N-methyl/N-ethyl adjacent to an activating group) is 1. The maximum Gasteiger partial charge on any atom is 0.244 e. The number of hydrogen-bond acceptors (Lipinski definition) is 6. The highest BCUT2D eigenvalue weighted by Crippen LogP contribution is 2.31.